The molecule has 106 valence electrons. The molecule has 0 atom stereocenters. The lowest BCUT2D eigenvalue weighted by molar-refractivity contribution is -0.114. The van der Waals surface area contributed by atoms with Crippen molar-refractivity contribution in [3.05, 3.63) is 54.1 Å². The summed E-state index contributed by atoms with van der Waals surface area (Å²) in [5, 5.41) is 11.7. The van der Waals surface area contributed by atoms with E-state index in [2.05, 4.69) is 11.4 Å². The zero-order valence-electron chi connectivity index (χ0n) is 11.7. The van der Waals surface area contributed by atoms with Crippen LogP contribution in [0.3, 0.4) is 0 Å². The van der Waals surface area contributed by atoms with Crippen LogP contribution in [0.25, 0.3) is 0 Å². The van der Waals surface area contributed by atoms with Crippen molar-refractivity contribution in [2.75, 3.05) is 29.5 Å². The second-order valence-corrected chi connectivity index (χ2v) is 4.69. The molecule has 2 rings (SSSR count). The van der Waals surface area contributed by atoms with E-state index in [9.17, 15) is 4.79 Å². The van der Waals surface area contributed by atoms with Gasteiger partial charge in [0.25, 0.3) is 0 Å². The molecule has 0 saturated heterocycles. The summed E-state index contributed by atoms with van der Waals surface area (Å²) in [6.45, 7) is 0.194. The van der Waals surface area contributed by atoms with Crippen molar-refractivity contribution in [1.82, 2.24) is 0 Å². The van der Waals surface area contributed by atoms with Gasteiger partial charge in [-0.15, -0.1) is 0 Å². The molecule has 0 bridgehead atoms. The molecule has 0 unspecified atom stereocenters. The molecule has 0 fully saturated rings. The second kappa shape index (κ2) is 6.44. The maximum absolute atomic E-state index is 12.0. The van der Waals surface area contributed by atoms with Gasteiger partial charge in [-0.25, -0.2) is 0 Å². The first-order valence-electron chi connectivity index (χ1n) is 6.45. The average Bonchev–Trinajstić information content (AvgIpc) is 2.49. The molecule has 21 heavy (non-hydrogen) atoms. The van der Waals surface area contributed by atoms with Crippen LogP contribution < -0.4 is 16.0 Å². The van der Waals surface area contributed by atoms with Gasteiger partial charge in [-0.3, -0.25) is 4.79 Å². The van der Waals surface area contributed by atoms with E-state index < -0.39 is 0 Å². The molecule has 0 aliphatic rings. The standard InChI is InChI=1S/C16H16N4O/c1-20(15-4-2-3-12(9-15)10-17)11-16(21)19-14-7-5-13(18)6-8-14/h2-9H,11,18H2,1H3,(H,19,21). The highest BCUT2D eigenvalue weighted by Crippen LogP contribution is 2.15. The Kier molecular flexibility index (Phi) is 4.42. The number of rotatable bonds is 4. The van der Waals surface area contributed by atoms with E-state index in [-0.39, 0.29) is 12.5 Å². The summed E-state index contributed by atoms with van der Waals surface area (Å²) >= 11 is 0. The van der Waals surface area contributed by atoms with Crippen molar-refractivity contribution >= 4 is 23.0 Å². The fourth-order valence-corrected chi connectivity index (χ4v) is 1.89. The predicted molar refractivity (Wildman–Crippen MR) is 83.9 cm³/mol. The molecule has 0 aliphatic carbocycles. The largest absolute Gasteiger partial charge is 0.399 e. The van der Waals surface area contributed by atoms with E-state index >= 15 is 0 Å². The summed E-state index contributed by atoms with van der Waals surface area (Å²) in [7, 11) is 1.80. The van der Waals surface area contributed by atoms with Crippen molar-refractivity contribution in [2.24, 2.45) is 0 Å². The minimum atomic E-state index is -0.135. The molecule has 5 heteroatoms. The smallest absolute Gasteiger partial charge is 0.243 e. The minimum absolute atomic E-state index is 0.135. The van der Waals surface area contributed by atoms with Crippen molar-refractivity contribution in [1.29, 1.82) is 5.26 Å². The van der Waals surface area contributed by atoms with Crippen LogP contribution in [0, 0.1) is 11.3 Å². The zero-order chi connectivity index (χ0) is 15.2. The van der Waals surface area contributed by atoms with Crippen LogP contribution in [-0.2, 0) is 4.79 Å². The Balaban J connectivity index is 1.98. The van der Waals surface area contributed by atoms with Gasteiger partial charge < -0.3 is 16.0 Å². The normalized spacial score (nSPS) is 9.71. The zero-order valence-corrected chi connectivity index (χ0v) is 11.7. The quantitative estimate of drug-likeness (QED) is 0.841. The van der Waals surface area contributed by atoms with Gasteiger partial charge in [0.15, 0.2) is 0 Å². The fourth-order valence-electron chi connectivity index (χ4n) is 1.89. The number of hydrogen-bond acceptors (Lipinski definition) is 4. The lowest BCUT2D eigenvalue weighted by Crippen LogP contribution is -2.30. The van der Waals surface area contributed by atoms with E-state index in [1.54, 1.807) is 54.4 Å². The van der Waals surface area contributed by atoms with Crippen molar-refractivity contribution in [3.8, 4) is 6.07 Å². The molecular weight excluding hydrogens is 264 g/mol. The summed E-state index contributed by atoms with van der Waals surface area (Å²) in [5.74, 6) is -0.135. The first kappa shape index (κ1) is 14.4. The van der Waals surface area contributed by atoms with E-state index in [0.29, 0.717) is 16.9 Å². The summed E-state index contributed by atoms with van der Waals surface area (Å²) in [6, 6.07) is 16.2. The van der Waals surface area contributed by atoms with E-state index in [4.69, 9.17) is 11.0 Å². The summed E-state index contributed by atoms with van der Waals surface area (Å²) in [6.07, 6.45) is 0. The average molecular weight is 280 g/mol. The highest BCUT2D eigenvalue weighted by atomic mass is 16.2. The Morgan fingerprint density at radius 3 is 2.67 bits per heavy atom. The Bertz CT molecular complexity index is 673. The van der Waals surface area contributed by atoms with Gasteiger partial charge in [0.05, 0.1) is 18.2 Å². The third kappa shape index (κ3) is 3.98. The SMILES string of the molecule is CN(CC(=O)Nc1ccc(N)cc1)c1cccc(C#N)c1. The van der Waals surface area contributed by atoms with E-state index in [1.807, 2.05) is 6.07 Å². The lowest BCUT2D eigenvalue weighted by atomic mass is 10.2. The number of amides is 1. The molecule has 1 amide bonds. The number of nitrogen functional groups attached to an aromatic ring is 1. The number of benzene rings is 2. The van der Waals surface area contributed by atoms with Gasteiger partial charge in [0.2, 0.25) is 5.91 Å². The number of likely N-dealkylation sites (N-methyl/N-ethyl adjacent to an activating group) is 1. The number of nitrogens with zero attached hydrogens (tertiary/aromatic N) is 2. The third-order valence-electron chi connectivity index (χ3n) is 2.99. The Morgan fingerprint density at radius 1 is 1.29 bits per heavy atom. The monoisotopic (exact) mass is 280 g/mol. The number of nitrogens with two attached hydrogens (primary N) is 1. The molecule has 3 N–H and O–H groups in total. The summed E-state index contributed by atoms with van der Waals surface area (Å²) < 4.78 is 0. The van der Waals surface area contributed by atoms with E-state index in [1.165, 1.54) is 0 Å². The number of anilines is 3. The number of nitriles is 1. The molecule has 0 aliphatic heterocycles. The maximum Gasteiger partial charge on any atom is 0.243 e. The van der Waals surface area contributed by atoms with Crippen molar-refractivity contribution in [3.63, 3.8) is 0 Å². The van der Waals surface area contributed by atoms with E-state index in [0.717, 1.165) is 5.69 Å². The van der Waals surface area contributed by atoms with Crippen molar-refractivity contribution in [2.45, 2.75) is 0 Å². The molecule has 0 aromatic heterocycles. The van der Waals surface area contributed by atoms with Gasteiger partial charge in [-0.05, 0) is 42.5 Å². The van der Waals surface area contributed by atoms with Gasteiger partial charge >= 0.3 is 0 Å². The van der Waals surface area contributed by atoms with Gasteiger partial charge in [-0.2, -0.15) is 5.26 Å². The summed E-state index contributed by atoms with van der Waals surface area (Å²) in [4.78, 5) is 13.8. The van der Waals surface area contributed by atoms with Crippen molar-refractivity contribution < 1.29 is 4.79 Å². The Hall–Kier alpha value is -3.00. The minimum Gasteiger partial charge on any atom is -0.399 e. The van der Waals surface area contributed by atoms with Gasteiger partial charge in [0.1, 0.15) is 0 Å². The number of carbonyl (C=O) groups excluding carboxylic acids is 1. The van der Waals surface area contributed by atoms with Crippen LogP contribution in [0.2, 0.25) is 0 Å². The van der Waals surface area contributed by atoms with Gasteiger partial charge in [0, 0.05) is 24.1 Å². The molecule has 2 aromatic carbocycles. The van der Waals surface area contributed by atoms with Crippen LogP contribution in [0.5, 0.6) is 0 Å². The number of hydrogen-bond donors (Lipinski definition) is 2. The van der Waals surface area contributed by atoms with Crippen LogP contribution in [0.15, 0.2) is 48.5 Å². The first-order chi connectivity index (χ1) is 10.1. The molecule has 5 nitrogen and oxygen atoms in total. The maximum atomic E-state index is 12.0. The second-order valence-electron chi connectivity index (χ2n) is 4.69. The Labute approximate surface area is 123 Å². The highest BCUT2D eigenvalue weighted by Gasteiger charge is 2.08. The highest BCUT2D eigenvalue weighted by molar-refractivity contribution is 5.94. The molecular formula is C16H16N4O. The molecule has 0 saturated carbocycles. The summed E-state index contributed by atoms with van der Waals surface area (Å²) in [5.41, 5.74) is 8.34. The van der Waals surface area contributed by atoms with Crippen LogP contribution in [0.4, 0.5) is 17.1 Å². The van der Waals surface area contributed by atoms with Gasteiger partial charge in [-0.1, -0.05) is 6.07 Å². The number of nitrogens with one attached hydrogen (secondary N) is 1. The molecule has 0 radical (unpaired) electrons. The predicted octanol–water partition coefficient (Wildman–Crippen LogP) is 2.22. The van der Waals surface area contributed by atoms with Crippen LogP contribution in [-0.4, -0.2) is 19.5 Å². The first-order valence-corrected chi connectivity index (χ1v) is 6.45. The van der Waals surface area contributed by atoms with Crippen LogP contribution >= 0.6 is 0 Å². The topological polar surface area (TPSA) is 82.2 Å². The van der Waals surface area contributed by atoms with Crippen LogP contribution in [0.1, 0.15) is 5.56 Å². The molecule has 0 heterocycles. The third-order valence-corrected chi connectivity index (χ3v) is 2.99. The Morgan fingerprint density at radius 2 is 2.00 bits per heavy atom. The fraction of sp³-hybridized carbons (Fsp3) is 0.125. The number of carbonyl (C=O) groups is 1. The molecule has 2 aromatic rings. The lowest BCUT2D eigenvalue weighted by Gasteiger charge is -2.19. The molecule has 0 spiro atoms.